The monoisotopic (exact) mass is 526 g/mol. The molecule has 0 bridgehead atoms. The van der Waals surface area contributed by atoms with Gasteiger partial charge in [-0.2, -0.15) is 0 Å². The molecule has 1 aliphatic rings. The fourth-order valence-corrected chi connectivity index (χ4v) is 7.17. The number of aliphatic hydroxyl groups is 4. The van der Waals surface area contributed by atoms with E-state index < -0.39 is 37.3 Å². The third-order valence-electron chi connectivity index (χ3n) is 5.04. The number of unbranched alkanes of at least 4 members (excludes halogenated alkanes) is 7. The molecule has 0 aromatic carbocycles. The molecule has 1 fully saturated rings. The van der Waals surface area contributed by atoms with E-state index in [2.05, 4.69) is 20.8 Å². The van der Waals surface area contributed by atoms with Gasteiger partial charge in [-0.05, 0) is 6.42 Å². The average molecular weight is 525 g/mol. The molecule has 0 amide bonds. The van der Waals surface area contributed by atoms with Crippen molar-refractivity contribution in [3.63, 3.8) is 0 Å². The van der Waals surface area contributed by atoms with Gasteiger partial charge in [-0.25, -0.2) is 0 Å². The van der Waals surface area contributed by atoms with E-state index in [9.17, 15) is 15.3 Å². The molecule has 5 atom stereocenters. The standard InChI is InChI=1S/C14H28O6.2C4H9.Sn/c1-2-3-4-5-6-7-8-19-14-13(18)12(17)11(16)10(9-15)20-14;2*1-3-4-2;/h10-18H,2-9H2,1H3;2*1,3-4H2,2H3;/t10-,11+,12+,13-,14-;;;/m1.../s1. The fraction of sp³-hybridized carbons (Fsp3) is 1.00. The Hall–Kier alpha value is 0.559. The van der Waals surface area contributed by atoms with Crippen molar-refractivity contribution in [2.45, 2.75) is 125 Å². The van der Waals surface area contributed by atoms with Gasteiger partial charge in [0.1, 0.15) is 24.4 Å². The first-order valence-corrected chi connectivity index (χ1v) is 15.7. The van der Waals surface area contributed by atoms with Gasteiger partial charge in [-0.15, -0.1) is 0 Å². The van der Waals surface area contributed by atoms with E-state index in [0.29, 0.717) is 6.61 Å². The fourth-order valence-electron chi connectivity index (χ4n) is 3.02. The summed E-state index contributed by atoms with van der Waals surface area (Å²) in [7, 11) is 0. The third-order valence-corrected chi connectivity index (χ3v) is 9.08. The van der Waals surface area contributed by atoms with Crippen LogP contribution in [-0.4, -0.2) is 85.5 Å². The van der Waals surface area contributed by atoms with Crippen molar-refractivity contribution in [2.75, 3.05) is 13.2 Å². The quantitative estimate of drug-likeness (QED) is 0.194. The van der Waals surface area contributed by atoms with E-state index in [1.165, 1.54) is 44.9 Å². The minimum atomic E-state index is -1.37. The molecule has 0 saturated carbocycles. The van der Waals surface area contributed by atoms with E-state index >= 15 is 0 Å². The Morgan fingerprint density at radius 2 is 1.28 bits per heavy atom. The third kappa shape index (κ3) is 14.3. The molecule has 1 aliphatic heterocycles. The maximum absolute atomic E-state index is 9.75. The Bertz CT molecular complexity index is 339. The van der Waals surface area contributed by atoms with Crippen molar-refractivity contribution in [1.82, 2.24) is 0 Å². The molecule has 0 unspecified atom stereocenters. The summed E-state index contributed by atoms with van der Waals surface area (Å²) in [6, 6.07) is 0. The van der Waals surface area contributed by atoms with Crippen LogP contribution in [0, 0.1) is 0 Å². The summed E-state index contributed by atoms with van der Waals surface area (Å²) in [6.07, 6.45) is 6.69. The molecule has 174 valence electrons. The maximum atomic E-state index is 9.75. The van der Waals surface area contributed by atoms with Gasteiger partial charge in [0.2, 0.25) is 0 Å². The van der Waals surface area contributed by atoms with E-state index in [-0.39, 0.29) is 21.1 Å². The molecule has 29 heavy (non-hydrogen) atoms. The number of hydrogen-bond donors (Lipinski definition) is 4. The second-order valence-corrected chi connectivity index (χ2v) is 12.1. The van der Waals surface area contributed by atoms with Crippen LogP contribution in [0.2, 0.25) is 8.87 Å². The number of rotatable bonds is 15. The molecule has 0 aromatic heterocycles. The Morgan fingerprint density at radius 3 is 1.83 bits per heavy atom. The second kappa shape index (κ2) is 20.5. The van der Waals surface area contributed by atoms with Crippen LogP contribution < -0.4 is 0 Å². The molecular formula is C22H46O6Sn. The van der Waals surface area contributed by atoms with Crippen LogP contribution in [0.1, 0.15) is 85.0 Å². The van der Waals surface area contributed by atoms with Crippen molar-refractivity contribution >= 4 is 21.1 Å². The first kappa shape index (κ1) is 29.6. The molecule has 4 N–H and O–H groups in total. The van der Waals surface area contributed by atoms with Gasteiger partial charge < -0.3 is 29.9 Å². The van der Waals surface area contributed by atoms with E-state index in [1.54, 1.807) is 8.87 Å². The summed E-state index contributed by atoms with van der Waals surface area (Å²) in [4.78, 5) is 0. The molecule has 1 heterocycles. The Morgan fingerprint density at radius 1 is 0.724 bits per heavy atom. The van der Waals surface area contributed by atoms with Crippen LogP contribution in [0.25, 0.3) is 0 Å². The van der Waals surface area contributed by atoms with Crippen molar-refractivity contribution in [1.29, 1.82) is 0 Å². The van der Waals surface area contributed by atoms with Crippen LogP contribution >= 0.6 is 0 Å². The molecule has 0 aromatic rings. The van der Waals surface area contributed by atoms with E-state index in [0.717, 1.165) is 19.3 Å². The van der Waals surface area contributed by atoms with Crippen molar-refractivity contribution in [2.24, 2.45) is 0 Å². The predicted molar refractivity (Wildman–Crippen MR) is 118 cm³/mol. The van der Waals surface area contributed by atoms with Gasteiger partial charge in [0, 0.05) is 6.61 Å². The van der Waals surface area contributed by atoms with E-state index in [1.807, 2.05) is 0 Å². The SMILES string of the molecule is CCCCCCCCO[C@@H]1O[C@H](CO)[C@H](O)[C@H](O)[C@H]1O.CCC[CH2][Sn][CH2]CCC. The Kier molecular flexibility index (Phi) is 20.9. The summed E-state index contributed by atoms with van der Waals surface area (Å²) >= 11 is 0.149. The number of hydrogen-bond acceptors (Lipinski definition) is 6. The summed E-state index contributed by atoms with van der Waals surface area (Å²) in [5.74, 6) is 0. The molecular weight excluding hydrogens is 479 g/mol. The van der Waals surface area contributed by atoms with E-state index in [4.69, 9.17) is 14.6 Å². The van der Waals surface area contributed by atoms with Gasteiger partial charge >= 0.3 is 69.5 Å². The predicted octanol–water partition coefficient (Wildman–Crippen LogP) is 3.29. The Balaban J connectivity index is 0.000000734. The second-order valence-electron chi connectivity index (χ2n) is 7.79. The molecule has 7 heteroatoms. The molecule has 6 nitrogen and oxygen atoms in total. The van der Waals surface area contributed by atoms with Gasteiger partial charge in [0.05, 0.1) is 6.61 Å². The van der Waals surface area contributed by atoms with Crippen LogP contribution in [-0.2, 0) is 9.47 Å². The van der Waals surface area contributed by atoms with Crippen molar-refractivity contribution < 1.29 is 29.9 Å². The summed E-state index contributed by atoms with van der Waals surface area (Å²) in [5.41, 5.74) is 0. The van der Waals surface area contributed by atoms with Crippen LogP contribution in [0.5, 0.6) is 0 Å². The van der Waals surface area contributed by atoms with Gasteiger partial charge in [-0.1, -0.05) is 39.0 Å². The summed E-state index contributed by atoms with van der Waals surface area (Å²) in [6.45, 7) is 6.75. The van der Waals surface area contributed by atoms with Crippen LogP contribution in [0.4, 0.5) is 0 Å². The molecule has 0 aliphatic carbocycles. The molecule has 2 radical (unpaired) electrons. The van der Waals surface area contributed by atoms with Gasteiger partial charge in [0.15, 0.2) is 6.29 Å². The Labute approximate surface area is 188 Å². The summed E-state index contributed by atoms with van der Waals surface area (Å²) in [5, 5.41) is 38.0. The first-order chi connectivity index (χ1) is 14.0. The summed E-state index contributed by atoms with van der Waals surface area (Å²) < 4.78 is 13.9. The zero-order valence-electron chi connectivity index (χ0n) is 18.9. The molecule has 1 saturated heterocycles. The molecule has 0 spiro atoms. The van der Waals surface area contributed by atoms with Crippen molar-refractivity contribution in [3.8, 4) is 0 Å². The topological polar surface area (TPSA) is 99.4 Å². The first-order valence-electron chi connectivity index (χ1n) is 11.7. The van der Waals surface area contributed by atoms with Crippen LogP contribution in [0.3, 0.4) is 0 Å². The normalized spacial score (nSPS) is 26.8. The average Bonchev–Trinajstić information content (AvgIpc) is 2.73. The zero-order chi connectivity index (χ0) is 21.9. The van der Waals surface area contributed by atoms with Gasteiger partial charge in [-0.3, -0.25) is 0 Å². The number of aliphatic hydroxyl groups excluding tert-OH is 4. The minimum absolute atomic E-state index is 0.149. The zero-order valence-corrected chi connectivity index (χ0v) is 21.7. The molecule has 1 rings (SSSR count). The number of ether oxygens (including phenoxy) is 2. The van der Waals surface area contributed by atoms with Crippen molar-refractivity contribution in [3.05, 3.63) is 0 Å². The van der Waals surface area contributed by atoms with Crippen LogP contribution in [0.15, 0.2) is 0 Å². The van der Waals surface area contributed by atoms with Gasteiger partial charge in [0.25, 0.3) is 0 Å².